The first-order chi connectivity index (χ1) is 12.5. The number of phenols is 1. The van der Waals surface area contributed by atoms with Crippen LogP contribution in [0, 0.1) is 0 Å². The summed E-state index contributed by atoms with van der Waals surface area (Å²) in [5.74, 6) is -0.298. The van der Waals surface area contributed by atoms with Gasteiger partial charge in [0.05, 0.1) is 5.56 Å². The van der Waals surface area contributed by atoms with Gasteiger partial charge in [-0.05, 0) is 42.3 Å². The van der Waals surface area contributed by atoms with E-state index < -0.39 is 0 Å². The minimum absolute atomic E-state index is 0.00960. The SMILES string of the molecule is CCc1ccc(O)c(C(=O)N2CCN(C(=O)c3cccc(Cl)c3)CC2)c1. The molecule has 0 aromatic heterocycles. The van der Waals surface area contributed by atoms with Crippen LogP contribution in [0.5, 0.6) is 5.75 Å². The first kappa shape index (κ1) is 18.3. The molecule has 0 saturated carbocycles. The third kappa shape index (κ3) is 3.83. The molecule has 0 bridgehead atoms. The third-order valence-electron chi connectivity index (χ3n) is 4.63. The Balaban J connectivity index is 1.67. The molecule has 136 valence electrons. The zero-order valence-electron chi connectivity index (χ0n) is 14.6. The summed E-state index contributed by atoms with van der Waals surface area (Å²) in [6.07, 6.45) is 0.794. The van der Waals surface area contributed by atoms with Crippen LogP contribution in [0.4, 0.5) is 0 Å². The molecule has 0 radical (unpaired) electrons. The average Bonchev–Trinajstić information content (AvgIpc) is 2.67. The van der Waals surface area contributed by atoms with Gasteiger partial charge in [-0.15, -0.1) is 0 Å². The lowest BCUT2D eigenvalue weighted by atomic mass is 10.1. The summed E-state index contributed by atoms with van der Waals surface area (Å²) in [7, 11) is 0. The summed E-state index contributed by atoms with van der Waals surface area (Å²) < 4.78 is 0. The van der Waals surface area contributed by atoms with E-state index in [9.17, 15) is 14.7 Å². The lowest BCUT2D eigenvalue weighted by Crippen LogP contribution is -2.50. The summed E-state index contributed by atoms with van der Waals surface area (Å²) in [6, 6.07) is 12.0. The van der Waals surface area contributed by atoms with Crippen LogP contribution in [0.15, 0.2) is 42.5 Å². The Kier molecular flexibility index (Phi) is 5.47. The molecule has 1 heterocycles. The Labute approximate surface area is 157 Å². The van der Waals surface area contributed by atoms with Crippen LogP contribution >= 0.6 is 11.6 Å². The molecule has 2 aromatic rings. The van der Waals surface area contributed by atoms with Gasteiger partial charge in [0.15, 0.2) is 0 Å². The van der Waals surface area contributed by atoms with E-state index in [1.807, 2.05) is 13.0 Å². The lowest BCUT2D eigenvalue weighted by Gasteiger charge is -2.35. The number of hydrogen-bond acceptors (Lipinski definition) is 3. The van der Waals surface area contributed by atoms with Gasteiger partial charge in [0.25, 0.3) is 11.8 Å². The second-order valence-electron chi connectivity index (χ2n) is 6.30. The first-order valence-electron chi connectivity index (χ1n) is 8.65. The molecule has 1 aliphatic rings. The van der Waals surface area contributed by atoms with E-state index in [0.717, 1.165) is 12.0 Å². The largest absolute Gasteiger partial charge is 0.507 e. The number of benzene rings is 2. The van der Waals surface area contributed by atoms with Crippen molar-refractivity contribution in [2.24, 2.45) is 0 Å². The molecular formula is C20H21ClN2O3. The maximum atomic E-state index is 12.7. The van der Waals surface area contributed by atoms with Crippen LogP contribution in [-0.4, -0.2) is 52.9 Å². The zero-order valence-corrected chi connectivity index (χ0v) is 15.4. The van der Waals surface area contributed by atoms with E-state index >= 15 is 0 Å². The molecule has 2 aromatic carbocycles. The molecule has 1 fully saturated rings. The molecule has 6 heteroatoms. The molecule has 5 nitrogen and oxygen atoms in total. The van der Waals surface area contributed by atoms with Crippen molar-refractivity contribution in [3.63, 3.8) is 0 Å². The highest BCUT2D eigenvalue weighted by molar-refractivity contribution is 6.30. The zero-order chi connectivity index (χ0) is 18.7. The van der Waals surface area contributed by atoms with E-state index in [-0.39, 0.29) is 17.6 Å². The second-order valence-corrected chi connectivity index (χ2v) is 6.74. The number of rotatable bonds is 3. The average molecular weight is 373 g/mol. The molecule has 0 atom stereocenters. The van der Waals surface area contributed by atoms with Crippen LogP contribution in [0.2, 0.25) is 5.02 Å². The van der Waals surface area contributed by atoms with Gasteiger partial charge in [-0.25, -0.2) is 0 Å². The van der Waals surface area contributed by atoms with Gasteiger partial charge in [-0.2, -0.15) is 0 Å². The summed E-state index contributed by atoms with van der Waals surface area (Å²) in [5, 5.41) is 10.5. The van der Waals surface area contributed by atoms with Crippen molar-refractivity contribution in [2.75, 3.05) is 26.2 Å². The molecule has 2 amide bonds. The number of carbonyl (C=O) groups excluding carboxylic acids is 2. The number of carbonyl (C=O) groups is 2. The monoisotopic (exact) mass is 372 g/mol. The fourth-order valence-electron chi connectivity index (χ4n) is 3.06. The van der Waals surface area contributed by atoms with Gasteiger partial charge in [0.2, 0.25) is 0 Å². The van der Waals surface area contributed by atoms with Gasteiger partial charge in [-0.1, -0.05) is 30.7 Å². The van der Waals surface area contributed by atoms with Crippen molar-refractivity contribution >= 4 is 23.4 Å². The summed E-state index contributed by atoms with van der Waals surface area (Å²) in [6.45, 7) is 3.76. The second kappa shape index (κ2) is 7.79. The Hall–Kier alpha value is -2.53. The molecule has 26 heavy (non-hydrogen) atoms. The van der Waals surface area contributed by atoms with Crippen LogP contribution in [0.25, 0.3) is 0 Å². The smallest absolute Gasteiger partial charge is 0.257 e. The molecular weight excluding hydrogens is 352 g/mol. The summed E-state index contributed by atoms with van der Waals surface area (Å²) >= 11 is 5.95. The minimum Gasteiger partial charge on any atom is -0.507 e. The molecule has 0 spiro atoms. The Bertz CT molecular complexity index is 830. The van der Waals surface area contributed by atoms with Gasteiger partial charge in [-0.3, -0.25) is 9.59 Å². The van der Waals surface area contributed by atoms with E-state index in [1.54, 1.807) is 46.2 Å². The van der Waals surface area contributed by atoms with E-state index in [2.05, 4.69) is 0 Å². The van der Waals surface area contributed by atoms with E-state index in [4.69, 9.17) is 11.6 Å². The number of phenolic OH excluding ortho intramolecular Hbond substituents is 1. The number of piperazine rings is 1. The van der Waals surface area contributed by atoms with E-state index in [0.29, 0.717) is 42.3 Å². The van der Waals surface area contributed by atoms with Crippen molar-refractivity contribution in [1.82, 2.24) is 9.80 Å². The van der Waals surface area contributed by atoms with Crippen molar-refractivity contribution in [3.05, 3.63) is 64.2 Å². The maximum Gasteiger partial charge on any atom is 0.257 e. The predicted octanol–water partition coefficient (Wildman–Crippen LogP) is 3.21. The normalized spacial score (nSPS) is 14.4. The maximum absolute atomic E-state index is 12.7. The van der Waals surface area contributed by atoms with Crippen LogP contribution in [0.3, 0.4) is 0 Å². The summed E-state index contributed by atoms with van der Waals surface area (Å²) in [5.41, 5.74) is 1.87. The van der Waals surface area contributed by atoms with Gasteiger partial charge >= 0.3 is 0 Å². The molecule has 0 unspecified atom stereocenters. The highest BCUT2D eigenvalue weighted by Crippen LogP contribution is 2.22. The first-order valence-corrected chi connectivity index (χ1v) is 9.03. The predicted molar refractivity (Wildman–Crippen MR) is 101 cm³/mol. The number of aryl methyl sites for hydroxylation is 1. The Morgan fingerprint density at radius 3 is 2.27 bits per heavy atom. The number of nitrogens with zero attached hydrogens (tertiary/aromatic N) is 2. The fourth-order valence-corrected chi connectivity index (χ4v) is 3.25. The molecule has 1 saturated heterocycles. The van der Waals surface area contributed by atoms with Crippen LogP contribution < -0.4 is 0 Å². The van der Waals surface area contributed by atoms with Gasteiger partial charge < -0.3 is 14.9 Å². The van der Waals surface area contributed by atoms with Crippen molar-refractivity contribution in [2.45, 2.75) is 13.3 Å². The van der Waals surface area contributed by atoms with Crippen LogP contribution in [0.1, 0.15) is 33.2 Å². The van der Waals surface area contributed by atoms with E-state index in [1.165, 1.54) is 0 Å². The Morgan fingerprint density at radius 2 is 1.65 bits per heavy atom. The third-order valence-corrected chi connectivity index (χ3v) is 4.86. The Morgan fingerprint density at radius 1 is 1.00 bits per heavy atom. The number of halogens is 1. The number of amides is 2. The molecule has 1 aliphatic heterocycles. The lowest BCUT2D eigenvalue weighted by molar-refractivity contribution is 0.0533. The van der Waals surface area contributed by atoms with Crippen molar-refractivity contribution < 1.29 is 14.7 Å². The van der Waals surface area contributed by atoms with Crippen molar-refractivity contribution in [1.29, 1.82) is 0 Å². The quantitative estimate of drug-likeness (QED) is 0.900. The summed E-state index contributed by atoms with van der Waals surface area (Å²) in [4.78, 5) is 28.7. The highest BCUT2D eigenvalue weighted by atomic mass is 35.5. The highest BCUT2D eigenvalue weighted by Gasteiger charge is 2.26. The fraction of sp³-hybridized carbons (Fsp3) is 0.300. The molecule has 3 rings (SSSR count). The number of hydrogen-bond donors (Lipinski definition) is 1. The molecule has 1 N–H and O–H groups in total. The minimum atomic E-state index is -0.201. The molecule has 0 aliphatic carbocycles. The topological polar surface area (TPSA) is 60.9 Å². The van der Waals surface area contributed by atoms with Gasteiger partial charge in [0.1, 0.15) is 5.75 Å². The standard InChI is InChI=1S/C20H21ClN2O3/c1-2-14-6-7-18(24)17(12-14)20(26)23-10-8-22(9-11-23)19(25)15-4-3-5-16(21)13-15/h3-7,12-13,24H,2,8-11H2,1H3. The van der Waals surface area contributed by atoms with Gasteiger partial charge in [0, 0.05) is 36.8 Å². The van der Waals surface area contributed by atoms with Crippen molar-refractivity contribution in [3.8, 4) is 5.75 Å². The van der Waals surface area contributed by atoms with Crippen LogP contribution in [-0.2, 0) is 6.42 Å². The number of aromatic hydroxyl groups is 1.